The Hall–Kier alpha value is -0.680. The molecule has 0 fully saturated rings. The van der Waals surface area contributed by atoms with E-state index in [1.165, 1.54) is 0 Å². The Kier molecular flexibility index (Phi) is 4.28. The van der Waals surface area contributed by atoms with E-state index in [1.54, 1.807) is 6.20 Å². The van der Waals surface area contributed by atoms with Crippen molar-refractivity contribution in [1.29, 1.82) is 0 Å². The van der Waals surface area contributed by atoms with E-state index in [9.17, 15) is 4.21 Å². The monoisotopic (exact) mass is 215 g/mol. The summed E-state index contributed by atoms with van der Waals surface area (Å²) in [4.78, 5) is 0. The van der Waals surface area contributed by atoms with E-state index in [0.29, 0.717) is 12.3 Å². The Labute approximate surface area is 86.9 Å². The third kappa shape index (κ3) is 2.92. The molecule has 0 aliphatic rings. The van der Waals surface area contributed by atoms with Crippen molar-refractivity contribution in [2.75, 3.05) is 6.54 Å². The Bertz CT molecular complexity index is 311. The molecule has 1 aromatic heterocycles. The second kappa shape index (κ2) is 5.26. The van der Waals surface area contributed by atoms with Crippen LogP contribution in [0.1, 0.15) is 19.4 Å². The van der Waals surface area contributed by atoms with Gasteiger partial charge in [-0.3, -0.25) is 8.89 Å². The van der Waals surface area contributed by atoms with Gasteiger partial charge < -0.3 is 5.73 Å². The largest absolute Gasteiger partial charge is 0.329 e. The van der Waals surface area contributed by atoms with Crippen molar-refractivity contribution < 1.29 is 4.21 Å². The van der Waals surface area contributed by atoms with E-state index in [0.717, 1.165) is 12.1 Å². The lowest BCUT2D eigenvalue weighted by molar-refractivity contribution is 0.659. The molecule has 0 spiro atoms. The first kappa shape index (κ1) is 11.4. The molecule has 1 rings (SSSR count). The molecule has 0 saturated heterocycles. The molecule has 14 heavy (non-hydrogen) atoms. The third-order valence-corrected chi connectivity index (χ3v) is 3.81. The van der Waals surface area contributed by atoms with Gasteiger partial charge in [0.1, 0.15) is 0 Å². The Morgan fingerprint density at radius 1 is 1.71 bits per heavy atom. The molecule has 1 heterocycles. The van der Waals surface area contributed by atoms with Crippen molar-refractivity contribution in [3.05, 3.63) is 18.0 Å². The van der Waals surface area contributed by atoms with Crippen LogP contribution in [0.25, 0.3) is 0 Å². The molecule has 0 amide bonds. The van der Waals surface area contributed by atoms with E-state index in [2.05, 4.69) is 5.10 Å². The van der Waals surface area contributed by atoms with Crippen LogP contribution in [0.5, 0.6) is 0 Å². The molecule has 0 aromatic carbocycles. The maximum absolute atomic E-state index is 11.6. The maximum atomic E-state index is 11.6. The quantitative estimate of drug-likeness (QED) is 0.778. The van der Waals surface area contributed by atoms with Gasteiger partial charge in [-0.15, -0.1) is 0 Å². The Morgan fingerprint density at radius 2 is 2.43 bits per heavy atom. The molecule has 80 valence electrons. The van der Waals surface area contributed by atoms with Crippen LogP contribution in [0.4, 0.5) is 0 Å². The summed E-state index contributed by atoms with van der Waals surface area (Å²) in [7, 11) is -0.883. The standard InChI is InChI=1S/C9H17N3OS/c1-3-12-6-9(5-11-12)7-14(13)8(2)4-10/h5-6,8H,3-4,7,10H2,1-2H3. The summed E-state index contributed by atoms with van der Waals surface area (Å²) in [6, 6.07) is 0. The van der Waals surface area contributed by atoms with E-state index in [4.69, 9.17) is 5.73 Å². The zero-order valence-corrected chi connectivity index (χ0v) is 9.46. The van der Waals surface area contributed by atoms with Gasteiger partial charge in [-0.2, -0.15) is 5.10 Å². The smallest absolute Gasteiger partial charge is 0.0531 e. The first-order chi connectivity index (χ1) is 6.67. The normalized spacial score (nSPS) is 15.4. The van der Waals surface area contributed by atoms with Crippen LogP contribution >= 0.6 is 0 Å². The lowest BCUT2D eigenvalue weighted by Crippen LogP contribution is -2.22. The van der Waals surface area contributed by atoms with Crippen LogP contribution in [0.15, 0.2) is 12.4 Å². The fraction of sp³-hybridized carbons (Fsp3) is 0.667. The molecule has 0 saturated carbocycles. The molecule has 4 nitrogen and oxygen atoms in total. The summed E-state index contributed by atoms with van der Waals surface area (Å²) >= 11 is 0. The molecule has 0 radical (unpaired) electrons. The summed E-state index contributed by atoms with van der Waals surface area (Å²) < 4.78 is 13.5. The van der Waals surface area contributed by atoms with Crippen molar-refractivity contribution in [1.82, 2.24) is 9.78 Å². The molecule has 2 unspecified atom stereocenters. The molecule has 0 aliphatic heterocycles. The van der Waals surface area contributed by atoms with Crippen LogP contribution in [0, 0.1) is 0 Å². The molecular weight excluding hydrogens is 198 g/mol. The average molecular weight is 215 g/mol. The molecular formula is C9H17N3OS. The number of nitrogens with zero attached hydrogens (tertiary/aromatic N) is 2. The third-order valence-electron chi connectivity index (χ3n) is 2.10. The predicted molar refractivity (Wildman–Crippen MR) is 58.3 cm³/mol. The summed E-state index contributed by atoms with van der Waals surface area (Å²) in [6.45, 7) is 5.24. The van der Waals surface area contributed by atoms with Crippen molar-refractivity contribution in [2.45, 2.75) is 31.4 Å². The van der Waals surface area contributed by atoms with Gasteiger partial charge in [-0.05, 0) is 13.8 Å². The van der Waals surface area contributed by atoms with Gasteiger partial charge in [0.25, 0.3) is 0 Å². The SMILES string of the molecule is CCn1cc(CS(=O)C(C)CN)cn1. The summed E-state index contributed by atoms with van der Waals surface area (Å²) in [5, 5.41) is 4.18. The summed E-state index contributed by atoms with van der Waals surface area (Å²) in [5.74, 6) is 0.554. The first-order valence-corrected chi connectivity index (χ1v) is 6.14. The van der Waals surface area contributed by atoms with Gasteiger partial charge in [0.15, 0.2) is 0 Å². The summed E-state index contributed by atoms with van der Waals surface area (Å²) in [5.41, 5.74) is 6.46. The fourth-order valence-corrected chi connectivity index (χ4v) is 2.04. The second-order valence-electron chi connectivity index (χ2n) is 3.28. The molecule has 0 aliphatic carbocycles. The van der Waals surface area contributed by atoms with Gasteiger partial charge in [0.2, 0.25) is 0 Å². The first-order valence-electron chi connectivity index (χ1n) is 4.76. The minimum absolute atomic E-state index is 0.0555. The van der Waals surface area contributed by atoms with Crippen molar-refractivity contribution in [3.63, 3.8) is 0 Å². The van der Waals surface area contributed by atoms with Crippen molar-refractivity contribution >= 4 is 10.8 Å². The van der Waals surface area contributed by atoms with Crippen molar-refractivity contribution in [3.8, 4) is 0 Å². The van der Waals surface area contributed by atoms with Gasteiger partial charge in [0.05, 0.1) is 11.9 Å². The fourth-order valence-electron chi connectivity index (χ4n) is 1.07. The van der Waals surface area contributed by atoms with Gasteiger partial charge in [0, 0.05) is 40.9 Å². The summed E-state index contributed by atoms with van der Waals surface area (Å²) in [6.07, 6.45) is 3.70. The Morgan fingerprint density at radius 3 is 2.93 bits per heavy atom. The highest BCUT2D eigenvalue weighted by Crippen LogP contribution is 2.05. The molecule has 5 heteroatoms. The van der Waals surface area contributed by atoms with Gasteiger partial charge in [-0.25, -0.2) is 0 Å². The predicted octanol–water partition coefficient (Wildman–Crippen LogP) is 0.499. The molecule has 2 atom stereocenters. The number of aryl methyl sites for hydroxylation is 1. The van der Waals surface area contributed by atoms with E-state index < -0.39 is 10.8 Å². The van der Waals surface area contributed by atoms with Crippen LogP contribution in [0.2, 0.25) is 0 Å². The zero-order valence-electron chi connectivity index (χ0n) is 8.64. The highest BCUT2D eigenvalue weighted by atomic mass is 32.2. The van der Waals surface area contributed by atoms with Crippen LogP contribution in [-0.2, 0) is 23.1 Å². The minimum atomic E-state index is -0.883. The van der Waals surface area contributed by atoms with Crippen molar-refractivity contribution in [2.24, 2.45) is 5.73 Å². The second-order valence-corrected chi connectivity index (χ2v) is 5.13. The molecule has 0 bridgehead atoms. The lowest BCUT2D eigenvalue weighted by atomic mass is 10.4. The number of rotatable bonds is 5. The van der Waals surface area contributed by atoms with Gasteiger partial charge >= 0.3 is 0 Å². The Balaban J connectivity index is 2.56. The maximum Gasteiger partial charge on any atom is 0.0531 e. The topological polar surface area (TPSA) is 60.9 Å². The number of hydrogen-bond acceptors (Lipinski definition) is 3. The highest BCUT2D eigenvalue weighted by Gasteiger charge is 2.10. The van der Waals surface area contributed by atoms with E-state index in [-0.39, 0.29) is 5.25 Å². The average Bonchev–Trinajstić information content (AvgIpc) is 2.64. The molecule has 2 N–H and O–H groups in total. The van der Waals surface area contributed by atoms with Crippen LogP contribution < -0.4 is 5.73 Å². The van der Waals surface area contributed by atoms with Crippen LogP contribution in [0.3, 0.4) is 0 Å². The van der Waals surface area contributed by atoms with E-state index >= 15 is 0 Å². The van der Waals surface area contributed by atoms with Gasteiger partial charge in [-0.1, -0.05) is 0 Å². The number of aromatic nitrogens is 2. The highest BCUT2D eigenvalue weighted by molar-refractivity contribution is 7.84. The zero-order chi connectivity index (χ0) is 10.6. The number of nitrogens with two attached hydrogens (primary N) is 1. The van der Waals surface area contributed by atoms with Crippen LogP contribution in [-0.4, -0.2) is 25.8 Å². The number of hydrogen-bond donors (Lipinski definition) is 1. The lowest BCUT2D eigenvalue weighted by Gasteiger charge is -2.06. The van der Waals surface area contributed by atoms with E-state index in [1.807, 2.05) is 24.7 Å². The minimum Gasteiger partial charge on any atom is -0.329 e. The molecule has 1 aromatic rings.